The van der Waals surface area contributed by atoms with Gasteiger partial charge in [0.15, 0.2) is 0 Å². The first kappa shape index (κ1) is 22.0. The molecule has 1 nitrogen and oxygen atoms in total. The lowest BCUT2D eigenvalue weighted by molar-refractivity contribution is -0.910. The fourth-order valence-corrected chi connectivity index (χ4v) is 2.74. The average Bonchev–Trinajstić information content (AvgIpc) is 2.38. The van der Waals surface area contributed by atoms with Crippen LogP contribution in [0.1, 0.15) is 71.6 Å². The van der Waals surface area contributed by atoms with Crippen molar-refractivity contribution in [3.63, 3.8) is 0 Å². The molecule has 19 heavy (non-hydrogen) atoms. The van der Waals surface area contributed by atoms with Gasteiger partial charge in [-0.3, -0.25) is 0 Å². The fraction of sp³-hybridized carbons (Fsp3) is 1.00. The Hall–Kier alpha value is 0.730. The van der Waals surface area contributed by atoms with Crippen LogP contribution >= 0.6 is 11.6 Å². The molecule has 0 aliphatic carbocycles. The third-order valence-electron chi connectivity index (χ3n) is 3.93. The molecule has 0 bridgehead atoms. The van der Waals surface area contributed by atoms with Crippen LogP contribution < -0.4 is 17.0 Å². The zero-order valence-electron chi connectivity index (χ0n) is 13.4. The largest absolute Gasteiger partial charge is 1.00 e. The number of halogens is 2. The number of unbranched alkanes of at least 4 members (excludes halogenated alkanes) is 6. The van der Waals surface area contributed by atoms with Crippen molar-refractivity contribution in [2.24, 2.45) is 0 Å². The van der Waals surface area contributed by atoms with Gasteiger partial charge in [0.2, 0.25) is 0 Å². The van der Waals surface area contributed by atoms with E-state index in [0.29, 0.717) is 0 Å². The Bertz CT molecular complexity index is 164. The molecule has 0 fully saturated rings. The SMILES string of the molecule is CCCCCC[N+](C)(CCCCl)CCCCCC.[Br-]. The maximum absolute atomic E-state index is 5.87. The van der Waals surface area contributed by atoms with Gasteiger partial charge in [-0.25, -0.2) is 0 Å². The van der Waals surface area contributed by atoms with Gasteiger partial charge < -0.3 is 21.5 Å². The van der Waals surface area contributed by atoms with E-state index in [-0.39, 0.29) is 17.0 Å². The number of nitrogens with zero attached hydrogens (tertiary/aromatic N) is 1. The molecule has 0 saturated carbocycles. The van der Waals surface area contributed by atoms with Crippen molar-refractivity contribution in [2.45, 2.75) is 71.6 Å². The van der Waals surface area contributed by atoms with E-state index in [1.807, 2.05) is 0 Å². The molecule has 0 N–H and O–H groups in total. The van der Waals surface area contributed by atoms with E-state index in [1.165, 1.54) is 81.9 Å². The minimum atomic E-state index is 0. The Balaban J connectivity index is 0. The predicted molar refractivity (Wildman–Crippen MR) is 84.4 cm³/mol. The molecule has 0 amide bonds. The molecule has 118 valence electrons. The molecule has 0 rings (SSSR count). The molecule has 0 heterocycles. The van der Waals surface area contributed by atoms with Crippen LogP contribution in [0.2, 0.25) is 0 Å². The Morgan fingerprint density at radius 2 is 1.11 bits per heavy atom. The summed E-state index contributed by atoms with van der Waals surface area (Å²) in [5, 5.41) is 0. The first-order valence-electron chi connectivity index (χ1n) is 8.08. The van der Waals surface area contributed by atoms with Crippen LogP contribution in [0.5, 0.6) is 0 Å². The van der Waals surface area contributed by atoms with E-state index in [1.54, 1.807) is 0 Å². The fourth-order valence-electron chi connectivity index (χ4n) is 2.62. The molecule has 3 heteroatoms. The van der Waals surface area contributed by atoms with Crippen LogP contribution in [0, 0.1) is 0 Å². The van der Waals surface area contributed by atoms with E-state index in [9.17, 15) is 0 Å². The standard InChI is InChI=1S/C16H35ClN.BrH/c1-4-6-8-10-14-18(3,16-12-13-17)15-11-9-7-5-2;/h4-16H2,1-3H3;1H/q+1;/p-1. The molecule has 0 spiro atoms. The number of rotatable bonds is 13. The first-order valence-corrected chi connectivity index (χ1v) is 8.61. The highest BCUT2D eigenvalue weighted by Gasteiger charge is 2.19. The highest BCUT2D eigenvalue weighted by molar-refractivity contribution is 6.17. The number of hydrogen-bond acceptors (Lipinski definition) is 0. The normalized spacial score (nSPS) is 11.4. The second kappa shape index (κ2) is 15.1. The van der Waals surface area contributed by atoms with Gasteiger partial charge in [-0.1, -0.05) is 39.5 Å². The summed E-state index contributed by atoms with van der Waals surface area (Å²) in [6.07, 6.45) is 12.2. The summed E-state index contributed by atoms with van der Waals surface area (Å²) < 4.78 is 1.25. The maximum Gasteiger partial charge on any atom is 0.0796 e. The van der Waals surface area contributed by atoms with Crippen molar-refractivity contribution in [1.29, 1.82) is 0 Å². The Labute approximate surface area is 137 Å². The monoisotopic (exact) mass is 355 g/mol. The summed E-state index contributed by atoms with van der Waals surface area (Å²) in [7, 11) is 2.43. The molecule has 0 unspecified atom stereocenters. The van der Waals surface area contributed by atoms with Gasteiger partial charge in [-0.2, -0.15) is 0 Å². The molecular weight excluding hydrogens is 322 g/mol. The predicted octanol–water partition coefficient (Wildman–Crippen LogP) is 2.23. The highest BCUT2D eigenvalue weighted by atomic mass is 79.9. The van der Waals surface area contributed by atoms with Crippen molar-refractivity contribution in [2.75, 3.05) is 32.6 Å². The summed E-state index contributed by atoms with van der Waals surface area (Å²) in [4.78, 5) is 0. The summed E-state index contributed by atoms with van der Waals surface area (Å²) >= 11 is 5.87. The molecular formula is C16H35BrClN. The van der Waals surface area contributed by atoms with Crippen molar-refractivity contribution < 1.29 is 21.5 Å². The van der Waals surface area contributed by atoms with Crippen LogP contribution in [0.4, 0.5) is 0 Å². The van der Waals surface area contributed by atoms with Gasteiger partial charge in [0.1, 0.15) is 0 Å². The molecule has 0 aliphatic heterocycles. The van der Waals surface area contributed by atoms with Crippen LogP contribution in [0.15, 0.2) is 0 Å². The molecule has 0 aromatic rings. The highest BCUT2D eigenvalue weighted by Crippen LogP contribution is 2.13. The molecule has 0 aromatic heterocycles. The Kier molecular flexibility index (Phi) is 17.5. The van der Waals surface area contributed by atoms with Crippen molar-refractivity contribution >= 4 is 11.6 Å². The van der Waals surface area contributed by atoms with Crippen LogP contribution in [0.25, 0.3) is 0 Å². The summed E-state index contributed by atoms with van der Waals surface area (Å²) in [5.74, 6) is 0.817. The van der Waals surface area contributed by atoms with Gasteiger partial charge in [-0.15, -0.1) is 11.6 Å². The third kappa shape index (κ3) is 13.5. The lowest BCUT2D eigenvalue weighted by Crippen LogP contribution is -3.00. The number of hydrogen-bond donors (Lipinski definition) is 0. The van der Waals surface area contributed by atoms with Crippen molar-refractivity contribution in [1.82, 2.24) is 0 Å². The second-order valence-electron chi connectivity index (χ2n) is 5.95. The van der Waals surface area contributed by atoms with E-state index < -0.39 is 0 Å². The summed E-state index contributed by atoms with van der Waals surface area (Å²) in [6.45, 7) is 8.53. The number of alkyl halides is 1. The van der Waals surface area contributed by atoms with Gasteiger partial charge in [0, 0.05) is 12.3 Å². The topological polar surface area (TPSA) is 0 Å². The first-order chi connectivity index (χ1) is 8.68. The molecule has 0 saturated heterocycles. The lowest BCUT2D eigenvalue weighted by Gasteiger charge is -2.35. The molecule has 0 aliphatic rings. The van der Waals surface area contributed by atoms with Gasteiger partial charge in [0.05, 0.1) is 26.7 Å². The van der Waals surface area contributed by atoms with Crippen LogP contribution in [-0.4, -0.2) is 37.0 Å². The zero-order chi connectivity index (χ0) is 13.7. The summed E-state index contributed by atoms with van der Waals surface area (Å²) in [6, 6.07) is 0. The quantitative estimate of drug-likeness (QED) is 0.270. The minimum absolute atomic E-state index is 0. The minimum Gasteiger partial charge on any atom is -1.00 e. The average molecular weight is 357 g/mol. The molecule has 0 atom stereocenters. The lowest BCUT2D eigenvalue weighted by atomic mass is 10.1. The van der Waals surface area contributed by atoms with Crippen molar-refractivity contribution in [3.05, 3.63) is 0 Å². The van der Waals surface area contributed by atoms with Crippen LogP contribution in [-0.2, 0) is 0 Å². The zero-order valence-corrected chi connectivity index (χ0v) is 15.7. The molecule has 0 radical (unpaired) electrons. The number of quaternary nitrogens is 1. The second-order valence-corrected chi connectivity index (χ2v) is 6.33. The Morgan fingerprint density at radius 1 is 0.684 bits per heavy atom. The van der Waals surface area contributed by atoms with E-state index in [2.05, 4.69) is 20.9 Å². The Morgan fingerprint density at radius 3 is 1.47 bits per heavy atom. The maximum atomic E-state index is 5.87. The van der Waals surface area contributed by atoms with Gasteiger partial charge in [-0.05, 0) is 25.7 Å². The van der Waals surface area contributed by atoms with Gasteiger partial charge >= 0.3 is 0 Å². The van der Waals surface area contributed by atoms with E-state index in [0.717, 1.165) is 5.88 Å². The van der Waals surface area contributed by atoms with E-state index in [4.69, 9.17) is 11.6 Å². The van der Waals surface area contributed by atoms with Gasteiger partial charge in [0.25, 0.3) is 0 Å². The third-order valence-corrected chi connectivity index (χ3v) is 4.20. The smallest absolute Gasteiger partial charge is 0.0796 e. The van der Waals surface area contributed by atoms with E-state index >= 15 is 0 Å². The summed E-state index contributed by atoms with van der Waals surface area (Å²) in [5.41, 5.74) is 0. The van der Waals surface area contributed by atoms with Crippen LogP contribution in [0.3, 0.4) is 0 Å². The van der Waals surface area contributed by atoms with Crippen molar-refractivity contribution in [3.8, 4) is 0 Å². The molecule has 0 aromatic carbocycles.